The van der Waals surface area contributed by atoms with E-state index in [1.807, 2.05) is 76.2 Å². The molecule has 9 nitrogen and oxygen atoms in total. The van der Waals surface area contributed by atoms with Gasteiger partial charge in [-0.05, 0) is 67.6 Å². The van der Waals surface area contributed by atoms with Gasteiger partial charge < -0.3 is 19.7 Å². The van der Waals surface area contributed by atoms with Crippen molar-refractivity contribution in [3.8, 4) is 16.9 Å². The second-order valence-corrected chi connectivity index (χ2v) is 12.2. The maximum absolute atomic E-state index is 13.2. The maximum Gasteiger partial charge on any atom is 0.407 e. The standard InChI is InChI=1S/C30H36N3O6P/c1-19(2)32-40(37,33-20(3)4)39-22-15-13-21(14-16-22)17-28(29(34)35)31-30(36)38-18-27-25-11-7-5-9-23(25)24-10-6-8-12-26(24)27/h5-16,19-20,27-28H,17-18H2,1-4H3,(H,31,36)(H,34,35)(H2,32,33,37)/t28-/m0/s1. The molecule has 4 N–H and O–H groups in total. The summed E-state index contributed by atoms with van der Waals surface area (Å²) >= 11 is 0. The summed E-state index contributed by atoms with van der Waals surface area (Å²) in [6.45, 7) is 7.58. The first-order valence-electron chi connectivity index (χ1n) is 13.3. The Balaban J connectivity index is 1.37. The van der Waals surface area contributed by atoms with Crippen molar-refractivity contribution >= 4 is 19.7 Å². The van der Waals surface area contributed by atoms with Crippen molar-refractivity contribution in [1.29, 1.82) is 0 Å². The largest absolute Gasteiger partial charge is 0.480 e. The number of amides is 1. The van der Waals surface area contributed by atoms with Gasteiger partial charge in [-0.1, -0.05) is 60.7 Å². The molecule has 3 aromatic rings. The molecular formula is C30H36N3O6P. The molecule has 0 aromatic heterocycles. The minimum absolute atomic E-state index is 0.0337. The van der Waals surface area contributed by atoms with Crippen molar-refractivity contribution in [3.05, 3.63) is 89.5 Å². The first-order valence-corrected chi connectivity index (χ1v) is 15.0. The third kappa shape index (κ3) is 7.30. The molecule has 10 heteroatoms. The highest BCUT2D eigenvalue weighted by Crippen LogP contribution is 2.44. The molecule has 1 amide bonds. The van der Waals surface area contributed by atoms with Gasteiger partial charge in [0.15, 0.2) is 0 Å². The molecule has 4 rings (SSSR count). The molecule has 0 saturated carbocycles. The lowest BCUT2D eigenvalue weighted by Crippen LogP contribution is -2.42. The number of nitrogens with one attached hydrogen (secondary N) is 3. The molecule has 1 aliphatic rings. The summed E-state index contributed by atoms with van der Waals surface area (Å²) < 4.78 is 24.5. The second-order valence-electron chi connectivity index (χ2n) is 10.4. The number of fused-ring (bicyclic) bond motifs is 3. The Morgan fingerprint density at radius 3 is 1.88 bits per heavy atom. The normalized spacial score (nSPS) is 13.6. The number of aliphatic carboxylic acids is 1. The van der Waals surface area contributed by atoms with Crippen LogP contribution < -0.4 is 20.0 Å². The van der Waals surface area contributed by atoms with Gasteiger partial charge >= 0.3 is 19.7 Å². The Kier molecular flexibility index (Phi) is 9.30. The van der Waals surface area contributed by atoms with Crippen molar-refractivity contribution in [3.63, 3.8) is 0 Å². The van der Waals surface area contributed by atoms with Crippen LogP contribution >= 0.6 is 7.67 Å². The van der Waals surface area contributed by atoms with Crippen LogP contribution in [0.3, 0.4) is 0 Å². The van der Waals surface area contributed by atoms with Gasteiger partial charge in [-0.3, -0.25) is 0 Å². The SMILES string of the molecule is CC(C)NP(=O)(NC(C)C)Oc1ccc(C[C@H](NC(=O)OCC2c3ccccc3-c3ccccc32)C(=O)O)cc1. The number of carboxylic acids is 1. The molecule has 0 spiro atoms. The highest BCUT2D eigenvalue weighted by molar-refractivity contribution is 7.55. The molecule has 40 heavy (non-hydrogen) atoms. The third-order valence-electron chi connectivity index (χ3n) is 6.39. The average molecular weight is 566 g/mol. The molecule has 0 heterocycles. The number of carboxylic acid groups (broad SMARTS) is 1. The van der Waals surface area contributed by atoms with Crippen molar-refractivity contribution < 1.29 is 28.5 Å². The first-order chi connectivity index (χ1) is 19.0. The number of benzene rings is 3. The second kappa shape index (κ2) is 12.7. The van der Waals surface area contributed by atoms with Crippen LogP contribution in [-0.2, 0) is 20.5 Å². The van der Waals surface area contributed by atoms with E-state index in [9.17, 15) is 19.3 Å². The molecule has 212 valence electrons. The molecule has 0 radical (unpaired) electrons. The molecule has 3 aromatic carbocycles. The summed E-state index contributed by atoms with van der Waals surface area (Å²) in [6.07, 6.45) is -0.763. The Bertz CT molecular complexity index is 1330. The zero-order valence-corrected chi connectivity index (χ0v) is 24.0. The van der Waals surface area contributed by atoms with E-state index in [0.717, 1.165) is 22.3 Å². The van der Waals surface area contributed by atoms with Gasteiger partial charge in [0, 0.05) is 24.4 Å². The predicted octanol–water partition coefficient (Wildman–Crippen LogP) is 5.70. The number of alkyl carbamates (subject to hydrolysis) is 1. The highest BCUT2D eigenvalue weighted by atomic mass is 31.2. The molecule has 1 atom stereocenters. The topological polar surface area (TPSA) is 126 Å². The van der Waals surface area contributed by atoms with Crippen LogP contribution in [-0.4, -0.2) is 41.9 Å². The van der Waals surface area contributed by atoms with Gasteiger partial charge in [-0.15, -0.1) is 0 Å². The minimum Gasteiger partial charge on any atom is -0.480 e. The lowest BCUT2D eigenvalue weighted by Gasteiger charge is -2.25. The fourth-order valence-corrected chi connectivity index (χ4v) is 6.78. The van der Waals surface area contributed by atoms with E-state index in [1.165, 1.54) is 0 Å². The molecule has 0 bridgehead atoms. The van der Waals surface area contributed by atoms with Gasteiger partial charge in [-0.25, -0.2) is 24.3 Å². The van der Waals surface area contributed by atoms with E-state index in [2.05, 4.69) is 15.5 Å². The summed E-state index contributed by atoms with van der Waals surface area (Å²) in [5.41, 5.74) is 5.02. The Morgan fingerprint density at radius 1 is 0.850 bits per heavy atom. The first kappa shape index (κ1) is 29.3. The number of carbonyl (C=O) groups excluding carboxylic acids is 1. The van der Waals surface area contributed by atoms with Crippen LogP contribution in [0.4, 0.5) is 4.79 Å². The van der Waals surface area contributed by atoms with Crippen molar-refractivity contribution in [1.82, 2.24) is 15.5 Å². The van der Waals surface area contributed by atoms with Crippen LogP contribution in [0.25, 0.3) is 11.1 Å². The Morgan fingerprint density at radius 2 is 1.38 bits per heavy atom. The zero-order valence-electron chi connectivity index (χ0n) is 23.1. The maximum atomic E-state index is 13.2. The minimum atomic E-state index is -3.36. The summed E-state index contributed by atoms with van der Waals surface area (Å²) in [4.78, 5) is 24.6. The predicted molar refractivity (Wildman–Crippen MR) is 155 cm³/mol. The number of hydrogen-bond donors (Lipinski definition) is 4. The average Bonchev–Trinajstić information content (AvgIpc) is 3.20. The van der Waals surface area contributed by atoms with Crippen LogP contribution in [0.5, 0.6) is 5.75 Å². The van der Waals surface area contributed by atoms with E-state index in [-0.39, 0.29) is 31.0 Å². The summed E-state index contributed by atoms with van der Waals surface area (Å²) in [5.74, 6) is -0.939. The Hall–Kier alpha value is -3.65. The zero-order chi connectivity index (χ0) is 28.9. The number of carbonyl (C=O) groups is 2. The molecule has 0 fully saturated rings. The van der Waals surface area contributed by atoms with Gasteiger partial charge in [0.1, 0.15) is 18.4 Å². The van der Waals surface area contributed by atoms with E-state index in [0.29, 0.717) is 11.3 Å². The molecule has 0 unspecified atom stereocenters. The third-order valence-corrected chi connectivity index (χ3v) is 8.57. The Labute approximate surface area is 234 Å². The highest BCUT2D eigenvalue weighted by Gasteiger charge is 2.30. The van der Waals surface area contributed by atoms with Crippen molar-refractivity contribution in [2.75, 3.05) is 6.61 Å². The number of ether oxygens (including phenoxy) is 1. The van der Waals surface area contributed by atoms with Crippen molar-refractivity contribution in [2.45, 2.75) is 58.2 Å². The van der Waals surface area contributed by atoms with E-state index in [1.54, 1.807) is 24.3 Å². The van der Waals surface area contributed by atoms with Crippen LogP contribution in [0.2, 0.25) is 0 Å². The molecule has 0 saturated heterocycles. The van der Waals surface area contributed by atoms with Crippen molar-refractivity contribution in [2.24, 2.45) is 0 Å². The van der Waals surface area contributed by atoms with Gasteiger partial charge in [0.2, 0.25) is 0 Å². The van der Waals surface area contributed by atoms with E-state index < -0.39 is 25.8 Å². The molecular weight excluding hydrogens is 529 g/mol. The lowest BCUT2D eigenvalue weighted by molar-refractivity contribution is -0.139. The number of hydrogen-bond acceptors (Lipinski definition) is 5. The fraction of sp³-hybridized carbons (Fsp3) is 0.333. The fourth-order valence-electron chi connectivity index (χ4n) is 4.82. The van der Waals surface area contributed by atoms with E-state index >= 15 is 0 Å². The summed E-state index contributed by atoms with van der Waals surface area (Å²) in [5, 5.41) is 18.1. The van der Waals surface area contributed by atoms with E-state index in [4.69, 9.17) is 9.26 Å². The van der Waals surface area contributed by atoms with Crippen LogP contribution in [0.15, 0.2) is 72.8 Å². The number of rotatable bonds is 12. The molecule has 1 aliphatic carbocycles. The van der Waals surface area contributed by atoms with Gasteiger partial charge in [0.25, 0.3) is 0 Å². The van der Waals surface area contributed by atoms with Crippen LogP contribution in [0.1, 0.15) is 50.3 Å². The lowest BCUT2D eigenvalue weighted by atomic mass is 9.98. The van der Waals surface area contributed by atoms with Gasteiger partial charge in [0.05, 0.1) is 0 Å². The summed E-state index contributed by atoms with van der Waals surface area (Å²) in [7, 11) is -3.36. The molecule has 0 aliphatic heterocycles. The van der Waals surface area contributed by atoms with Crippen LogP contribution in [0, 0.1) is 0 Å². The summed E-state index contributed by atoms with van der Waals surface area (Å²) in [6, 6.07) is 21.3. The smallest absolute Gasteiger partial charge is 0.407 e. The quantitative estimate of drug-likeness (QED) is 0.206. The van der Waals surface area contributed by atoms with Gasteiger partial charge in [-0.2, -0.15) is 0 Å². The monoisotopic (exact) mass is 565 g/mol.